The molecule has 0 aliphatic rings. The average Bonchev–Trinajstić information content (AvgIpc) is 2.27. The normalized spacial score (nSPS) is 14.9. The van der Waals surface area contributed by atoms with E-state index in [4.69, 9.17) is 23.2 Å². The van der Waals surface area contributed by atoms with Crippen LogP contribution >= 0.6 is 23.2 Å². The number of hydrogen-bond donors (Lipinski definition) is 1. The molecule has 1 N–H and O–H groups in total. The van der Waals surface area contributed by atoms with E-state index in [-0.39, 0.29) is 16.5 Å². The Bertz CT molecular complexity index is 297. The molecule has 0 aromatic heterocycles. The number of para-hydroxylation sites is 1. The summed E-state index contributed by atoms with van der Waals surface area (Å²) in [4.78, 5) is 0. The van der Waals surface area contributed by atoms with Gasteiger partial charge in [-0.05, 0) is 12.8 Å². The van der Waals surface area contributed by atoms with Gasteiger partial charge in [-0.3, -0.25) is 0 Å². The number of rotatable bonds is 4. The quantitative estimate of drug-likeness (QED) is 0.759. The fourth-order valence-corrected chi connectivity index (χ4v) is 1.88. The zero-order chi connectivity index (χ0) is 11.4. The Morgan fingerprint density at radius 3 is 1.80 bits per heavy atom. The first kappa shape index (κ1) is 12.7. The third kappa shape index (κ3) is 2.79. The molecule has 0 heterocycles. The fraction of sp³-hybridized carbons (Fsp3) is 0.500. The summed E-state index contributed by atoms with van der Waals surface area (Å²) in [5.41, 5.74) is 1.55. The molecule has 0 aliphatic heterocycles. The van der Waals surface area contributed by atoms with Crippen LogP contribution < -0.4 is 0 Å². The van der Waals surface area contributed by atoms with E-state index in [2.05, 4.69) is 0 Å². The molecule has 0 saturated carbocycles. The highest BCUT2D eigenvalue weighted by molar-refractivity contribution is 6.22. The van der Waals surface area contributed by atoms with Gasteiger partial charge in [-0.25, -0.2) is 0 Å². The zero-order valence-corrected chi connectivity index (χ0v) is 10.5. The van der Waals surface area contributed by atoms with Crippen LogP contribution in [0.4, 0.5) is 0 Å². The van der Waals surface area contributed by atoms with Crippen molar-refractivity contribution in [1.29, 1.82) is 0 Å². The van der Waals surface area contributed by atoms with E-state index >= 15 is 0 Å². The van der Waals surface area contributed by atoms with Gasteiger partial charge in [-0.2, -0.15) is 0 Å². The Kier molecular flexibility index (Phi) is 4.75. The van der Waals surface area contributed by atoms with Crippen LogP contribution in [0.15, 0.2) is 18.2 Å². The third-order valence-electron chi connectivity index (χ3n) is 2.49. The summed E-state index contributed by atoms with van der Waals surface area (Å²) >= 11 is 12.2. The number of alkyl halides is 2. The van der Waals surface area contributed by atoms with Gasteiger partial charge in [0.2, 0.25) is 0 Å². The lowest BCUT2D eigenvalue weighted by molar-refractivity contribution is 0.458. The van der Waals surface area contributed by atoms with Crippen LogP contribution in [0.2, 0.25) is 0 Å². The van der Waals surface area contributed by atoms with Gasteiger partial charge in [0, 0.05) is 11.1 Å². The van der Waals surface area contributed by atoms with Crippen molar-refractivity contribution in [2.45, 2.75) is 37.4 Å². The topological polar surface area (TPSA) is 20.2 Å². The van der Waals surface area contributed by atoms with E-state index in [1.807, 2.05) is 32.0 Å². The summed E-state index contributed by atoms with van der Waals surface area (Å²) in [5, 5.41) is 9.73. The Morgan fingerprint density at radius 2 is 1.47 bits per heavy atom. The van der Waals surface area contributed by atoms with Gasteiger partial charge in [-0.1, -0.05) is 32.0 Å². The first-order valence-electron chi connectivity index (χ1n) is 5.21. The SMILES string of the molecule is CCC(Cl)c1cccc(C(Cl)CC)c1O. The van der Waals surface area contributed by atoms with Gasteiger partial charge in [0.25, 0.3) is 0 Å². The molecule has 2 unspecified atom stereocenters. The van der Waals surface area contributed by atoms with E-state index < -0.39 is 0 Å². The van der Waals surface area contributed by atoms with E-state index in [0.29, 0.717) is 0 Å². The Balaban J connectivity index is 3.11. The van der Waals surface area contributed by atoms with Crippen molar-refractivity contribution >= 4 is 23.2 Å². The van der Waals surface area contributed by atoms with Gasteiger partial charge in [0.05, 0.1) is 10.8 Å². The third-order valence-corrected chi connectivity index (χ3v) is 3.58. The van der Waals surface area contributed by atoms with E-state index in [1.165, 1.54) is 0 Å². The number of phenols is 1. The molecule has 0 amide bonds. The molecule has 1 nitrogen and oxygen atoms in total. The molecule has 15 heavy (non-hydrogen) atoms. The molecule has 3 heteroatoms. The van der Waals surface area contributed by atoms with Crippen LogP contribution in [-0.2, 0) is 0 Å². The number of phenolic OH excluding ortho intramolecular Hbond substituents is 1. The van der Waals surface area contributed by atoms with E-state index in [1.54, 1.807) is 0 Å². The second kappa shape index (κ2) is 5.62. The van der Waals surface area contributed by atoms with Crippen LogP contribution in [0, 0.1) is 0 Å². The Morgan fingerprint density at radius 1 is 1.07 bits per heavy atom. The highest BCUT2D eigenvalue weighted by atomic mass is 35.5. The number of aromatic hydroxyl groups is 1. The van der Waals surface area contributed by atoms with Crippen LogP contribution in [0.3, 0.4) is 0 Å². The van der Waals surface area contributed by atoms with Gasteiger partial charge in [0.15, 0.2) is 0 Å². The summed E-state index contributed by atoms with van der Waals surface area (Å²) < 4.78 is 0. The maximum absolute atomic E-state index is 10.0. The monoisotopic (exact) mass is 246 g/mol. The van der Waals surface area contributed by atoms with Crippen molar-refractivity contribution < 1.29 is 5.11 Å². The molecule has 0 bridgehead atoms. The maximum Gasteiger partial charge on any atom is 0.124 e. The number of benzene rings is 1. The Hall–Kier alpha value is -0.400. The van der Waals surface area contributed by atoms with Gasteiger partial charge in [-0.15, -0.1) is 23.2 Å². The molecule has 0 aliphatic carbocycles. The van der Waals surface area contributed by atoms with Crippen molar-refractivity contribution in [2.75, 3.05) is 0 Å². The highest BCUT2D eigenvalue weighted by Gasteiger charge is 2.17. The lowest BCUT2D eigenvalue weighted by Gasteiger charge is -2.15. The van der Waals surface area contributed by atoms with Crippen molar-refractivity contribution in [3.63, 3.8) is 0 Å². The van der Waals surface area contributed by atoms with E-state index in [0.717, 1.165) is 24.0 Å². The molecule has 84 valence electrons. The summed E-state index contributed by atoms with van der Waals surface area (Å²) in [6.07, 6.45) is 1.58. The molecular weight excluding hydrogens is 231 g/mol. The number of halogens is 2. The summed E-state index contributed by atoms with van der Waals surface area (Å²) in [6, 6.07) is 5.58. The molecule has 1 aromatic carbocycles. The predicted octanol–water partition coefficient (Wildman–Crippen LogP) is 4.77. The summed E-state index contributed by atoms with van der Waals surface area (Å²) in [6.45, 7) is 3.98. The van der Waals surface area contributed by atoms with Gasteiger partial charge >= 0.3 is 0 Å². The smallest absolute Gasteiger partial charge is 0.124 e. The standard InChI is InChI=1S/C12H16Cl2O/c1-3-10(13)8-6-5-7-9(12(8)15)11(14)4-2/h5-7,10-11,15H,3-4H2,1-2H3. The van der Waals surface area contributed by atoms with Crippen molar-refractivity contribution in [2.24, 2.45) is 0 Å². The largest absolute Gasteiger partial charge is 0.507 e. The van der Waals surface area contributed by atoms with Gasteiger partial charge in [0.1, 0.15) is 5.75 Å². The first-order chi connectivity index (χ1) is 7.11. The van der Waals surface area contributed by atoms with Crippen LogP contribution in [0.5, 0.6) is 5.75 Å². The first-order valence-corrected chi connectivity index (χ1v) is 6.08. The van der Waals surface area contributed by atoms with E-state index in [9.17, 15) is 5.11 Å². The predicted molar refractivity (Wildman–Crippen MR) is 65.9 cm³/mol. The maximum atomic E-state index is 10.0. The minimum absolute atomic E-state index is 0.148. The second-order valence-corrected chi connectivity index (χ2v) is 4.59. The highest BCUT2D eigenvalue weighted by Crippen LogP contribution is 2.38. The van der Waals surface area contributed by atoms with Gasteiger partial charge < -0.3 is 5.11 Å². The molecule has 2 atom stereocenters. The number of hydrogen-bond acceptors (Lipinski definition) is 1. The Labute approximate surface area is 101 Å². The van der Waals surface area contributed by atoms with Crippen molar-refractivity contribution in [3.05, 3.63) is 29.3 Å². The minimum Gasteiger partial charge on any atom is -0.507 e. The molecule has 0 fully saturated rings. The fourth-order valence-electron chi connectivity index (χ4n) is 1.53. The van der Waals surface area contributed by atoms with Crippen LogP contribution in [-0.4, -0.2) is 5.11 Å². The summed E-state index contributed by atoms with van der Waals surface area (Å²) in [5.74, 6) is 0.251. The molecule has 0 spiro atoms. The van der Waals surface area contributed by atoms with Crippen LogP contribution in [0.1, 0.15) is 48.6 Å². The lowest BCUT2D eigenvalue weighted by Crippen LogP contribution is -1.95. The molecule has 0 saturated heterocycles. The van der Waals surface area contributed by atoms with Crippen molar-refractivity contribution in [3.8, 4) is 5.75 Å². The van der Waals surface area contributed by atoms with Crippen molar-refractivity contribution in [1.82, 2.24) is 0 Å². The average molecular weight is 247 g/mol. The van der Waals surface area contributed by atoms with Crippen LogP contribution in [0.25, 0.3) is 0 Å². The minimum atomic E-state index is -0.148. The second-order valence-electron chi connectivity index (χ2n) is 3.54. The zero-order valence-electron chi connectivity index (χ0n) is 9.00. The summed E-state index contributed by atoms with van der Waals surface area (Å²) in [7, 11) is 0. The molecule has 1 rings (SSSR count). The molecular formula is C12H16Cl2O. The molecule has 1 aromatic rings. The lowest BCUT2D eigenvalue weighted by atomic mass is 10.0. The molecule has 0 radical (unpaired) electrons.